The predicted molar refractivity (Wildman–Crippen MR) is 114 cm³/mol. The molecule has 0 radical (unpaired) electrons. The molecule has 0 aliphatic heterocycles. The maximum absolute atomic E-state index is 12.4. The summed E-state index contributed by atoms with van der Waals surface area (Å²) >= 11 is 1.24. The Kier molecular flexibility index (Phi) is 6.52. The maximum atomic E-state index is 12.4. The normalized spacial score (nSPS) is 12.0. The van der Waals surface area contributed by atoms with Crippen molar-refractivity contribution >= 4 is 23.4 Å². The first-order valence-electron chi connectivity index (χ1n) is 9.40. The van der Waals surface area contributed by atoms with Gasteiger partial charge in [0.05, 0.1) is 5.75 Å². The number of rotatable bonds is 7. The highest BCUT2D eigenvalue weighted by Crippen LogP contribution is 2.28. The van der Waals surface area contributed by atoms with Crippen LogP contribution in [0, 0.1) is 13.8 Å². The molecular formula is C22H25N3O2S. The van der Waals surface area contributed by atoms with Gasteiger partial charge in [0.1, 0.15) is 0 Å². The largest absolute Gasteiger partial charge is 0.411 e. The summed E-state index contributed by atoms with van der Waals surface area (Å²) in [5.74, 6) is 0.976. The minimum absolute atomic E-state index is 0.0910. The van der Waals surface area contributed by atoms with Gasteiger partial charge in [-0.15, -0.1) is 10.2 Å². The summed E-state index contributed by atoms with van der Waals surface area (Å²) < 4.78 is 5.71. The van der Waals surface area contributed by atoms with Crippen molar-refractivity contribution < 1.29 is 9.21 Å². The lowest BCUT2D eigenvalue weighted by Crippen LogP contribution is -2.15. The van der Waals surface area contributed by atoms with Crippen molar-refractivity contribution in [2.75, 3.05) is 11.1 Å². The number of thioether (sulfide) groups is 1. The van der Waals surface area contributed by atoms with Crippen molar-refractivity contribution in [2.24, 2.45) is 0 Å². The molecule has 0 saturated carbocycles. The van der Waals surface area contributed by atoms with Crippen LogP contribution >= 0.6 is 11.8 Å². The third kappa shape index (κ3) is 4.81. The van der Waals surface area contributed by atoms with Crippen molar-refractivity contribution in [3.63, 3.8) is 0 Å². The number of aromatic nitrogens is 2. The summed E-state index contributed by atoms with van der Waals surface area (Å²) in [4.78, 5) is 12.4. The third-order valence-corrected chi connectivity index (χ3v) is 5.68. The van der Waals surface area contributed by atoms with Crippen LogP contribution in [-0.4, -0.2) is 21.9 Å². The molecule has 3 rings (SSSR count). The molecule has 146 valence electrons. The molecule has 0 aliphatic rings. The van der Waals surface area contributed by atoms with Gasteiger partial charge in [0, 0.05) is 11.3 Å². The van der Waals surface area contributed by atoms with Crippen LogP contribution in [0.4, 0.5) is 5.69 Å². The highest BCUT2D eigenvalue weighted by molar-refractivity contribution is 7.99. The molecule has 0 unspecified atom stereocenters. The van der Waals surface area contributed by atoms with E-state index in [1.807, 2.05) is 43.3 Å². The number of carbonyl (C=O) groups is 1. The summed E-state index contributed by atoms with van der Waals surface area (Å²) in [5, 5.41) is 11.5. The lowest BCUT2D eigenvalue weighted by molar-refractivity contribution is -0.113. The number of anilines is 1. The van der Waals surface area contributed by atoms with Crippen LogP contribution < -0.4 is 5.32 Å². The average Bonchev–Trinajstić information content (AvgIpc) is 3.17. The number of amides is 1. The Morgan fingerprint density at radius 2 is 1.93 bits per heavy atom. The topological polar surface area (TPSA) is 68.0 Å². The Balaban J connectivity index is 1.61. The number of aryl methyl sites for hydroxylation is 2. The first kappa shape index (κ1) is 20.1. The Hall–Kier alpha value is -2.60. The molecule has 1 heterocycles. The van der Waals surface area contributed by atoms with Gasteiger partial charge in [0.15, 0.2) is 0 Å². The zero-order valence-electron chi connectivity index (χ0n) is 16.7. The standard InChI is InChI=1S/C22H25N3O2S/c1-5-14(2)18-8-6-7-9-19(18)23-20(26)13-28-22-25-24-21(27-22)17-11-10-15(3)16(4)12-17/h6-12,14H,5,13H2,1-4H3,(H,23,26)/t14-/m1/s1. The van der Waals surface area contributed by atoms with Crippen molar-refractivity contribution in [3.05, 3.63) is 59.2 Å². The van der Waals surface area contributed by atoms with Gasteiger partial charge in [0.25, 0.3) is 5.22 Å². The zero-order chi connectivity index (χ0) is 20.1. The second-order valence-electron chi connectivity index (χ2n) is 6.91. The lowest BCUT2D eigenvalue weighted by atomic mass is 9.97. The van der Waals surface area contributed by atoms with E-state index in [-0.39, 0.29) is 11.7 Å². The average molecular weight is 396 g/mol. The molecule has 6 heteroatoms. The molecule has 1 aromatic heterocycles. The summed E-state index contributed by atoms with van der Waals surface area (Å²) in [6.07, 6.45) is 1.02. The van der Waals surface area contributed by atoms with Gasteiger partial charge in [-0.3, -0.25) is 4.79 Å². The van der Waals surface area contributed by atoms with Crippen LogP contribution in [0.3, 0.4) is 0 Å². The molecule has 0 bridgehead atoms. The molecule has 28 heavy (non-hydrogen) atoms. The molecule has 2 aromatic carbocycles. The van der Waals surface area contributed by atoms with E-state index < -0.39 is 0 Å². The molecule has 0 spiro atoms. The molecule has 1 N–H and O–H groups in total. The summed E-state index contributed by atoms with van der Waals surface area (Å²) in [6, 6.07) is 13.9. The number of para-hydroxylation sites is 1. The van der Waals surface area contributed by atoms with Gasteiger partial charge >= 0.3 is 0 Å². The highest BCUT2D eigenvalue weighted by Gasteiger charge is 2.14. The highest BCUT2D eigenvalue weighted by atomic mass is 32.2. The van der Waals surface area contributed by atoms with E-state index >= 15 is 0 Å². The molecule has 0 aliphatic carbocycles. The van der Waals surface area contributed by atoms with E-state index in [0.717, 1.165) is 23.2 Å². The minimum atomic E-state index is -0.0910. The quantitative estimate of drug-likeness (QED) is 0.528. The van der Waals surface area contributed by atoms with Crippen molar-refractivity contribution in [3.8, 4) is 11.5 Å². The van der Waals surface area contributed by atoms with Crippen LogP contribution in [0.5, 0.6) is 0 Å². The maximum Gasteiger partial charge on any atom is 0.277 e. The van der Waals surface area contributed by atoms with Gasteiger partial charge in [-0.05, 0) is 61.1 Å². The summed E-state index contributed by atoms with van der Waals surface area (Å²) in [7, 11) is 0. The molecule has 0 fully saturated rings. The number of carbonyl (C=O) groups excluding carboxylic acids is 1. The number of nitrogens with zero attached hydrogens (tertiary/aromatic N) is 2. The van der Waals surface area contributed by atoms with E-state index in [1.165, 1.54) is 22.9 Å². The fraction of sp³-hybridized carbons (Fsp3) is 0.318. The van der Waals surface area contributed by atoms with Crippen molar-refractivity contribution in [2.45, 2.75) is 45.3 Å². The van der Waals surface area contributed by atoms with Crippen LogP contribution in [0.1, 0.15) is 42.9 Å². The molecule has 5 nitrogen and oxygen atoms in total. The van der Waals surface area contributed by atoms with Gasteiger partial charge in [-0.1, -0.05) is 49.9 Å². The van der Waals surface area contributed by atoms with Gasteiger partial charge in [0.2, 0.25) is 11.8 Å². The monoisotopic (exact) mass is 395 g/mol. The first-order chi connectivity index (χ1) is 13.5. The fourth-order valence-electron chi connectivity index (χ4n) is 2.83. The number of hydrogen-bond donors (Lipinski definition) is 1. The third-order valence-electron chi connectivity index (χ3n) is 4.87. The Labute approximate surface area is 170 Å². The lowest BCUT2D eigenvalue weighted by Gasteiger charge is -2.15. The van der Waals surface area contributed by atoms with Crippen LogP contribution in [0.2, 0.25) is 0 Å². The molecule has 0 saturated heterocycles. The van der Waals surface area contributed by atoms with Crippen LogP contribution in [0.25, 0.3) is 11.5 Å². The van der Waals surface area contributed by atoms with Gasteiger partial charge in [-0.25, -0.2) is 0 Å². The SMILES string of the molecule is CC[C@@H](C)c1ccccc1NC(=O)CSc1nnc(-c2ccc(C)c(C)c2)o1. The number of nitrogens with one attached hydrogen (secondary N) is 1. The number of hydrogen-bond acceptors (Lipinski definition) is 5. The molecular weight excluding hydrogens is 370 g/mol. The summed E-state index contributed by atoms with van der Waals surface area (Å²) in [5.41, 5.74) is 5.29. The fourth-order valence-corrected chi connectivity index (χ4v) is 3.40. The smallest absolute Gasteiger partial charge is 0.277 e. The van der Waals surface area contributed by atoms with Crippen molar-refractivity contribution in [1.29, 1.82) is 0 Å². The first-order valence-corrected chi connectivity index (χ1v) is 10.4. The second-order valence-corrected chi connectivity index (χ2v) is 7.83. The number of benzene rings is 2. The van der Waals surface area contributed by atoms with E-state index in [0.29, 0.717) is 17.0 Å². The second kappa shape index (κ2) is 9.06. The Morgan fingerprint density at radius 3 is 2.68 bits per heavy atom. The van der Waals surface area contributed by atoms with Gasteiger partial charge < -0.3 is 9.73 Å². The van der Waals surface area contributed by atoms with E-state index in [9.17, 15) is 4.79 Å². The Morgan fingerprint density at radius 1 is 1.14 bits per heavy atom. The molecule has 3 aromatic rings. The predicted octanol–water partition coefficient (Wildman–Crippen LogP) is 5.60. The van der Waals surface area contributed by atoms with Crippen LogP contribution in [-0.2, 0) is 4.79 Å². The Bertz CT molecular complexity index is 968. The summed E-state index contributed by atoms with van der Waals surface area (Å²) in [6.45, 7) is 8.41. The van der Waals surface area contributed by atoms with Gasteiger partial charge in [-0.2, -0.15) is 0 Å². The van der Waals surface area contributed by atoms with Crippen LogP contribution in [0.15, 0.2) is 52.1 Å². The zero-order valence-corrected chi connectivity index (χ0v) is 17.5. The minimum Gasteiger partial charge on any atom is -0.411 e. The van der Waals surface area contributed by atoms with E-state index in [1.54, 1.807) is 0 Å². The molecule has 1 amide bonds. The van der Waals surface area contributed by atoms with E-state index in [4.69, 9.17) is 4.42 Å². The van der Waals surface area contributed by atoms with Crippen molar-refractivity contribution in [1.82, 2.24) is 10.2 Å². The van der Waals surface area contributed by atoms with E-state index in [2.05, 4.69) is 42.4 Å². The molecule has 1 atom stereocenters.